The average molecular weight is 254 g/mol. The van der Waals surface area contributed by atoms with Gasteiger partial charge in [0.1, 0.15) is 5.60 Å². The van der Waals surface area contributed by atoms with E-state index in [-0.39, 0.29) is 5.41 Å². The lowest BCUT2D eigenvalue weighted by Gasteiger charge is -2.41. The van der Waals surface area contributed by atoms with Crippen LogP contribution in [0.3, 0.4) is 0 Å². The van der Waals surface area contributed by atoms with Crippen molar-refractivity contribution in [1.82, 2.24) is 9.78 Å². The van der Waals surface area contributed by atoms with E-state index in [9.17, 15) is 5.11 Å². The second-order valence-electron chi connectivity index (χ2n) is 5.80. The Morgan fingerprint density at radius 2 is 2.24 bits per heavy atom. The summed E-state index contributed by atoms with van der Waals surface area (Å²) in [6, 6.07) is 1.97. The molecule has 1 fully saturated rings. The highest BCUT2D eigenvalue weighted by Gasteiger charge is 2.42. The zero-order valence-electron chi connectivity index (χ0n) is 10.9. The van der Waals surface area contributed by atoms with E-state index < -0.39 is 5.60 Å². The van der Waals surface area contributed by atoms with Crippen LogP contribution in [0.15, 0.2) is 12.3 Å². The van der Waals surface area contributed by atoms with Gasteiger partial charge in [0.2, 0.25) is 0 Å². The molecule has 1 saturated heterocycles. The maximum Gasteiger partial charge on any atom is 0.116 e. The summed E-state index contributed by atoms with van der Waals surface area (Å²) in [4.78, 5) is 0. The van der Waals surface area contributed by atoms with Gasteiger partial charge in [0.05, 0.1) is 5.69 Å². The molecule has 2 heterocycles. The van der Waals surface area contributed by atoms with Crippen LogP contribution >= 0.6 is 11.8 Å². The third-order valence-electron chi connectivity index (χ3n) is 3.23. The number of hydrogen-bond acceptors (Lipinski definition) is 3. The van der Waals surface area contributed by atoms with Gasteiger partial charge in [-0.05, 0) is 30.1 Å². The van der Waals surface area contributed by atoms with Gasteiger partial charge in [0, 0.05) is 18.5 Å². The predicted molar refractivity (Wildman–Crippen MR) is 72.1 cm³/mol. The van der Waals surface area contributed by atoms with Crippen molar-refractivity contribution >= 4 is 11.8 Å². The molecule has 1 aliphatic rings. The molecule has 1 aromatic rings. The molecule has 3 nitrogen and oxygen atoms in total. The van der Waals surface area contributed by atoms with Gasteiger partial charge >= 0.3 is 0 Å². The molecule has 1 atom stereocenters. The van der Waals surface area contributed by atoms with Crippen LogP contribution < -0.4 is 0 Å². The van der Waals surface area contributed by atoms with Crippen LogP contribution in [0, 0.1) is 5.41 Å². The first-order valence-corrected chi connectivity index (χ1v) is 7.45. The van der Waals surface area contributed by atoms with Crippen LogP contribution in [0.2, 0.25) is 0 Å². The largest absolute Gasteiger partial charge is 0.383 e. The predicted octanol–water partition coefficient (Wildman–Crippen LogP) is 2.64. The third-order valence-corrected chi connectivity index (χ3v) is 4.90. The molecule has 1 N–H and O–H groups in total. The number of nitrogens with zero attached hydrogens (tertiary/aromatic N) is 2. The molecule has 1 aliphatic heterocycles. The summed E-state index contributed by atoms with van der Waals surface area (Å²) >= 11 is 1.84. The molecule has 2 rings (SSSR count). The Hall–Kier alpha value is -0.480. The van der Waals surface area contributed by atoms with Gasteiger partial charge in [-0.15, -0.1) is 0 Å². The average Bonchev–Trinajstić information content (AvgIpc) is 2.65. The van der Waals surface area contributed by atoms with Gasteiger partial charge in [-0.2, -0.15) is 16.9 Å². The Kier molecular flexibility index (Phi) is 3.55. The maximum absolute atomic E-state index is 10.9. The van der Waals surface area contributed by atoms with Crippen LogP contribution in [-0.4, -0.2) is 26.4 Å². The standard InChI is InChI=1S/C13H22N2OS/c1-4-7-15-11(5-6-14-15)13(16)8-12(2,3)9-17-10-13/h5-6,16H,4,7-10H2,1-3H3. The Balaban J connectivity index is 2.27. The number of aliphatic hydroxyl groups is 1. The van der Waals surface area contributed by atoms with Crippen LogP contribution in [0.25, 0.3) is 0 Å². The summed E-state index contributed by atoms with van der Waals surface area (Å²) < 4.78 is 1.96. The Morgan fingerprint density at radius 1 is 1.47 bits per heavy atom. The second-order valence-corrected chi connectivity index (χ2v) is 6.79. The van der Waals surface area contributed by atoms with Crippen LogP contribution in [0.1, 0.15) is 39.3 Å². The van der Waals surface area contributed by atoms with E-state index in [1.807, 2.05) is 22.5 Å². The summed E-state index contributed by atoms with van der Waals surface area (Å²) in [6.07, 6.45) is 3.67. The summed E-state index contributed by atoms with van der Waals surface area (Å²) in [5.41, 5.74) is 0.469. The number of rotatable bonds is 3. The van der Waals surface area contributed by atoms with Crippen molar-refractivity contribution < 1.29 is 5.11 Å². The first-order valence-electron chi connectivity index (χ1n) is 6.29. The zero-order valence-corrected chi connectivity index (χ0v) is 11.8. The van der Waals surface area contributed by atoms with E-state index in [1.54, 1.807) is 6.20 Å². The first-order chi connectivity index (χ1) is 7.97. The third kappa shape index (κ3) is 2.68. The first kappa shape index (κ1) is 13.0. The number of thioether (sulfide) groups is 1. The van der Waals surface area contributed by atoms with Crippen molar-refractivity contribution in [3.05, 3.63) is 18.0 Å². The van der Waals surface area contributed by atoms with Gasteiger partial charge < -0.3 is 5.11 Å². The van der Waals surface area contributed by atoms with Crippen LogP contribution in [0.5, 0.6) is 0 Å². The Bertz CT molecular complexity index is 389. The van der Waals surface area contributed by atoms with Gasteiger partial charge in [-0.3, -0.25) is 4.68 Å². The Morgan fingerprint density at radius 3 is 2.88 bits per heavy atom. The Labute approximate surface area is 108 Å². The highest BCUT2D eigenvalue weighted by atomic mass is 32.2. The lowest BCUT2D eigenvalue weighted by molar-refractivity contribution is 0.00751. The van der Waals surface area contributed by atoms with E-state index in [2.05, 4.69) is 25.9 Å². The molecule has 0 bridgehead atoms. The summed E-state index contributed by atoms with van der Waals surface area (Å²) in [7, 11) is 0. The molecule has 17 heavy (non-hydrogen) atoms. The smallest absolute Gasteiger partial charge is 0.116 e. The SMILES string of the molecule is CCCn1nccc1C1(O)CSCC(C)(C)C1. The molecule has 96 valence electrons. The molecule has 1 aromatic heterocycles. The van der Waals surface area contributed by atoms with E-state index in [4.69, 9.17) is 0 Å². The van der Waals surface area contributed by atoms with E-state index in [1.165, 1.54) is 0 Å². The van der Waals surface area contributed by atoms with E-state index in [0.717, 1.165) is 36.6 Å². The number of aryl methyl sites for hydroxylation is 1. The summed E-state index contributed by atoms with van der Waals surface area (Å²) in [6.45, 7) is 7.47. The molecular formula is C13H22N2OS. The van der Waals surface area contributed by atoms with Crippen molar-refractivity contribution in [3.63, 3.8) is 0 Å². The minimum atomic E-state index is -0.710. The molecule has 0 aromatic carbocycles. The fraction of sp³-hybridized carbons (Fsp3) is 0.769. The molecule has 4 heteroatoms. The number of hydrogen-bond donors (Lipinski definition) is 1. The number of aromatic nitrogens is 2. The summed E-state index contributed by atoms with van der Waals surface area (Å²) in [5.74, 6) is 1.91. The highest BCUT2D eigenvalue weighted by Crippen LogP contribution is 2.44. The maximum atomic E-state index is 10.9. The minimum Gasteiger partial charge on any atom is -0.383 e. The molecule has 1 unspecified atom stereocenters. The molecular weight excluding hydrogens is 232 g/mol. The topological polar surface area (TPSA) is 38.0 Å². The van der Waals surface area contributed by atoms with Crippen molar-refractivity contribution in [2.75, 3.05) is 11.5 Å². The molecule has 0 saturated carbocycles. The van der Waals surface area contributed by atoms with Crippen LogP contribution in [0.4, 0.5) is 0 Å². The highest BCUT2D eigenvalue weighted by molar-refractivity contribution is 7.99. The van der Waals surface area contributed by atoms with Gasteiger partial charge in [-0.1, -0.05) is 20.8 Å². The van der Waals surface area contributed by atoms with E-state index >= 15 is 0 Å². The van der Waals surface area contributed by atoms with Crippen molar-refractivity contribution in [3.8, 4) is 0 Å². The monoisotopic (exact) mass is 254 g/mol. The normalized spacial score (nSPS) is 28.2. The molecule has 0 aliphatic carbocycles. The van der Waals surface area contributed by atoms with Gasteiger partial charge in [0.15, 0.2) is 0 Å². The summed E-state index contributed by atoms with van der Waals surface area (Å²) in [5, 5.41) is 15.2. The van der Waals surface area contributed by atoms with Crippen molar-refractivity contribution in [1.29, 1.82) is 0 Å². The molecule has 0 amide bonds. The van der Waals surface area contributed by atoms with Crippen molar-refractivity contribution in [2.24, 2.45) is 5.41 Å². The zero-order chi connectivity index (χ0) is 12.5. The molecule has 0 radical (unpaired) electrons. The fourth-order valence-electron chi connectivity index (χ4n) is 2.67. The lowest BCUT2D eigenvalue weighted by Crippen LogP contribution is -2.41. The molecule has 0 spiro atoms. The fourth-order valence-corrected chi connectivity index (χ4v) is 4.02. The van der Waals surface area contributed by atoms with Crippen LogP contribution in [-0.2, 0) is 12.1 Å². The quantitative estimate of drug-likeness (QED) is 0.901. The van der Waals surface area contributed by atoms with Gasteiger partial charge in [0.25, 0.3) is 0 Å². The van der Waals surface area contributed by atoms with Gasteiger partial charge in [-0.25, -0.2) is 0 Å². The van der Waals surface area contributed by atoms with Crippen molar-refractivity contribution in [2.45, 2.75) is 45.8 Å². The lowest BCUT2D eigenvalue weighted by atomic mass is 9.80. The minimum absolute atomic E-state index is 0.193. The van der Waals surface area contributed by atoms with E-state index in [0.29, 0.717) is 0 Å². The second kappa shape index (κ2) is 4.65.